The smallest absolute Gasteiger partial charge is 0.260 e. The van der Waals surface area contributed by atoms with Crippen LogP contribution in [0.2, 0.25) is 0 Å². The molecule has 31 heavy (non-hydrogen) atoms. The van der Waals surface area contributed by atoms with Crippen molar-refractivity contribution in [2.75, 3.05) is 4.90 Å². The van der Waals surface area contributed by atoms with Crippen molar-refractivity contribution >= 4 is 17.6 Å². The molecule has 5 rings (SSSR count). The zero-order valence-corrected chi connectivity index (χ0v) is 17.5. The van der Waals surface area contributed by atoms with Gasteiger partial charge in [-0.1, -0.05) is 48.0 Å². The van der Waals surface area contributed by atoms with Gasteiger partial charge in [0.15, 0.2) is 0 Å². The van der Waals surface area contributed by atoms with Crippen molar-refractivity contribution in [1.29, 1.82) is 0 Å². The van der Waals surface area contributed by atoms with Gasteiger partial charge in [-0.3, -0.25) is 4.90 Å². The van der Waals surface area contributed by atoms with Crippen LogP contribution in [0.15, 0.2) is 63.0 Å². The Hall–Kier alpha value is -3.68. The molecule has 3 aromatic rings. The Morgan fingerprint density at radius 2 is 1.65 bits per heavy atom. The van der Waals surface area contributed by atoms with E-state index in [4.69, 9.17) is 26.0 Å². The third-order valence-corrected chi connectivity index (χ3v) is 6.04. The van der Waals surface area contributed by atoms with Gasteiger partial charge < -0.3 is 16.0 Å². The van der Waals surface area contributed by atoms with Gasteiger partial charge in [0.05, 0.1) is 11.3 Å². The van der Waals surface area contributed by atoms with E-state index in [0.29, 0.717) is 17.7 Å². The van der Waals surface area contributed by atoms with Crippen molar-refractivity contribution in [2.45, 2.75) is 44.7 Å². The number of aryl methyl sites for hydroxylation is 1. The van der Waals surface area contributed by atoms with Crippen LogP contribution in [0.25, 0.3) is 22.8 Å². The largest absolute Gasteiger partial charge is 0.369 e. The van der Waals surface area contributed by atoms with E-state index < -0.39 is 5.66 Å². The molecule has 0 saturated heterocycles. The van der Waals surface area contributed by atoms with Crippen molar-refractivity contribution in [3.05, 3.63) is 54.1 Å². The van der Waals surface area contributed by atoms with E-state index in [0.717, 1.165) is 48.1 Å². The van der Waals surface area contributed by atoms with Gasteiger partial charge in [0.1, 0.15) is 5.66 Å². The molecule has 0 atom stereocenters. The summed E-state index contributed by atoms with van der Waals surface area (Å²) in [6.07, 6.45) is 5.00. The van der Waals surface area contributed by atoms with Crippen LogP contribution in [0.4, 0.5) is 5.69 Å². The Labute approximate surface area is 180 Å². The average Bonchev–Trinajstić information content (AvgIpc) is 3.24. The number of nitrogens with two attached hydrogens (primary N) is 2. The molecule has 0 unspecified atom stereocenters. The fourth-order valence-electron chi connectivity index (χ4n) is 4.59. The number of anilines is 1. The first-order valence-electron chi connectivity index (χ1n) is 10.6. The molecule has 2 heterocycles. The van der Waals surface area contributed by atoms with Crippen molar-refractivity contribution in [3.8, 4) is 22.8 Å². The highest BCUT2D eigenvalue weighted by Crippen LogP contribution is 2.42. The van der Waals surface area contributed by atoms with Gasteiger partial charge in [0.25, 0.3) is 5.89 Å². The number of hydrogen-bond acceptors (Lipinski definition) is 8. The van der Waals surface area contributed by atoms with Crippen LogP contribution in [-0.2, 0) is 0 Å². The summed E-state index contributed by atoms with van der Waals surface area (Å²) in [4.78, 5) is 15.7. The summed E-state index contributed by atoms with van der Waals surface area (Å²) in [5.74, 6) is 1.54. The van der Waals surface area contributed by atoms with Gasteiger partial charge in [0.2, 0.25) is 17.7 Å². The molecule has 1 aliphatic carbocycles. The predicted octanol–water partition coefficient (Wildman–Crippen LogP) is 3.82. The standard InChI is InChI=1S/C23H25N7O/c1-15-9-3-4-10-16(15)19-26-20(31-29-19)17-11-5-6-12-18(17)30-22(25)27-21(24)28-23(30)13-7-2-8-14-23/h3-6,9-12H,2,7-8,13-14H2,1H3,(H4,24,25,27,28). The molecule has 8 nitrogen and oxygen atoms in total. The van der Waals surface area contributed by atoms with E-state index in [-0.39, 0.29) is 5.96 Å². The Bertz CT molecular complexity index is 1170. The first kappa shape index (κ1) is 19.3. The number of aliphatic imine (C=N–C) groups is 2. The van der Waals surface area contributed by atoms with Gasteiger partial charge in [-0.25, -0.2) is 4.99 Å². The Morgan fingerprint density at radius 3 is 2.42 bits per heavy atom. The van der Waals surface area contributed by atoms with Crippen LogP contribution in [-0.4, -0.2) is 27.7 Å². The molecule has 158 valence electrons. The molecule has 2 aliphatic rings. The summed E-state index contributed by atoms with van der Waals surface area (Å²) < 4.78 is 5.69. The van der Waals surface area contributed by atoms with E-state index >= 15 is 0 Å². The van der Waals surface area contributed by atoms with Crippen LogP contribution in [0.1, 0.15) is 37.7 Å². The molecule has 1 aromatic heterocycles. The number of aromatic nitrogens is 2. The average molecular weight is 416 g/mol. The zero-order chi connectivity index (χ0) is 21.4. The van der Waals surface area contributed by atoms with E-state index in [1.165, 1.54) is 6.42 Å². The molecule has 4 N–H and O–H groups in total. The quantitative estimate of drug-likeness (QED) is 0.671. The normalized spacial score (nSPS) is 18.0. The van der Waals surface area contributed by atoms with E-state index in [1.54, 1.807) is 0 Å². The minimum Gasteiger partial charge on any atom is -0.369 e. The maximum atomic E-state index is 6.42. The second-order valence-electron chi connectivity index (χ2n) is 8.07. The molecule has 0 radical (unpaired) electrons. The molecule has 1 aliphatic heterocycles. The van der Waals surface area contributed by atoms with Crippen LogP contribution in [0.3, 0.4) is 0 Å². The van der Waals surface area contributed by atoms with E-state index in [1.807, 2.05) is 60.4 Å². The fraction of sp³-hybridized carbons (Fsp3) is 0.304. The second kappa shape index (κ2) is 7.54. The Morgan fingerprint density at radius 1 is 0.935 bits per heavy atom. The van der Waals surface area contributed by atoms with Gasteiger partial charge in [-0.15, -0.1) is 0 Å². The maximum Gasteiger partial charge on any atom is 0.260 e. The first-order valence-corrected chi connectivity index (χ1v) is 10.6. The number of hydrogen-bond donors (Lipinski definition) is 2. The maximum absolute atomic E-state index is 6.42. The highest BCUT2D eigenvalue weighted by Gasteiger charge is 2.43. The highest BCUT2D eigenvalue weighted by atomic mass is 16.5. The Kier molecular flexibility index (Phi) is 4.69. The summed E-state index contributed by atoms with van der Waals surface area (Å²) in [6, 6.07) is 15.8. The molecule has 0 bridgehead atoms. The summed E-state index contributed by atoms with van der Waals surface area (Å²) >= 11 is 0. The number of para-hydroxylation sites is 1. The summed E-state index contributed by atoms with van der Waals surface area (Å²) in [5.41, 5.74) is 15.5. The van der Waals surface area contributed by atoms with E-state index in [9.17, 15) is 0 Å². The lowest BCUT2D eigenvalue weighted by Gasteiger charge is -2.46. The number of benzene rings is 2. The van der Waals surface area contributed by atoms with Crippen LogP contribution >= 0.6 is 0 Å². The highest BCUT2D eigenvalue weighted by molar-refractivity contribution is 6.07. The second-order valence-corrected chi connectivity index (χ2v) is 8.07. The number of rotatable bonds is 3. The summed E-state index contributed by atoms with van der Waals surface area (Å²) in [7, 11) is 0. The molecule has 1 fully saturated rings. The lowest BCUT2D eigenvalue weighted by Crippen LogP contribution is -2.58. The summed E-state index contributed by atoms with van der Waals surface area (Å²) in [5, 5.41) is 4.23. The van der Waals surface area contributed by atoms with E-state index in [2.05, 4.69) is 10.1 Å². The molecule has 1 saturated carbocycles. The van der Waals surface area contributed by atoms with Crippen molar-refractivity contribution < 1.29 is 4.52 Å². The molecule has 0 amide bonds. The minimum absolute atomic E-state index is 0.229. The Balaban J connectivity index is 1.60. The lowest BCUT2D eigenvalue weighted by molar-refractivity contribution is 0.305. The third-order valence-electron chi connectivity index (χ3n) is 6.04. The monoisotopic (exact) mass is 415 g/mol. The predicted molar refractivity (Wildman–Crippen MR) is 121 cm³/mol. The zero-order valence-electron chi connectivity index (χ0n) is 17.5. The molecular weight excluding hydrogens is 390 g/mol. The van der Waals surface area contributed by atoms with Crippen molar-refractivity contribution in [3.63, 3.8) is 0 Å². The van der Waals surface area contributed by atoms with Gasteiger partial charge in [-0.05, 0) is 50.3 Å². The van der Waals surface area contributed by atoms with Crippen LogP contribution in [0, 0.1) is 6.92 Å². The molecular formula is C23H25N7O. The van der Waals surface area contributed by atoms with Crippen molar-refractivity contribution in [1.82, 2.24) is 10.1 Å². The third kappa shape index (κ3) is 3.34. The van der Waals surface area contributed by atoms with Gasteiger partial charge in [-0.2, -0.15) is 9.98 Å². The van der Waals surface area contributed by atoms with Crippen molar-refractivity contribution in [2.24, 2.45) is 21.5 Å². The minimum atomic E-state index is -0.539. The van der Waals surface area contributed by atoms with Crippen LogP contribution < -0.4 is 16.4 Å². The topological polar surface area (TPSA) is 119 Å². The molecule has 2 aromatic carbocycles. The molecule has 8 heteroatoms. The SMILES string of the molecule is Cc1ccccc1-c1noc(-c2ccccc2N2C(N)=NC(N)=NC23CCCCC3)n1. The van der Waals surface area contributed by atoms with Crippen LogP contribution in [0.5, 0.6) is 0 Å². The summed E-state index contributed by atoms with van der Waals surface area (Å²) in [6.45, 7) is 2.03. The fourth-order valence-corrected chi connectivity index (χ4v) is 4.59. The number of nitrogens with zero attached hydrogens (tertiary/aromatic N) is 5. The van der Waals surface area contributed by atoms with Gasteiger partial charge >= 0.3 is 0 Å². The molecule has 1 spiro atoms. The lowest BCUT2D eigenvalue weighted by atomic mass is 9.87. The first-order chi connectivity index (χ1) is 15.1. The number of guanidine groups is 2. The van der Waals surface area contributed by atoms with Gasteiger partial charge in [0, 0.05) is 5.56 Å².